The second-order valence-electron chi connectivity index (χ2n) is 9.57. The van der Waals surface area contributed by atoms with Gasteiger partial charge in [0.1, 0.15) is 6.20 Å². The molecule has 0 saturated heterocycles. The average molecular weight is 601 g/mol. The highest BCUT2D eigenvalue weighted by atomic mass is 32.1. The maximum Gasteiger partial charge on any atom is 0.338 e. The Morgan fingerprint density at radius 1 is 1.07 bits per heavy atom. The van der Waals surface area contributed by atoms with E-state index in [0.717, 1.165) is 17.3 Å². The molecule has 12 heteroatoms. The van der Waals surface area contributed by atoms with Gasteiger partial charge in [-0.15, -0.1) is 0 Å². The smallest absolute Gasteiger partial charge is 0.338 e. The van der Waals surface area contributed by atoms with Crippen LogP contribution in [0.3, 0.4) is 0 Å². The molecule has 2 aromatic heterocycles. The highest BCUT2D eigenvalue weighted by molar-refractivity contribution is 7.07. The molecule has 11 nitrogen and oxygen atoms in total. The van der Waals surface area contributed by atoms with Crippen molar-refractivity contribution in [2.24, 2.45) is 4.99 Å². The van der Waals surface area contributed by atoms with E-state index >= 15 is 0 Å². The van der Waals surface area contributed by atoms with Crippen molar-refractivity contribution in [1.29, 1.82) is 0 Å². The van der Waals surface area contributed by atoms with Crippen molar-refractivity contribution in [2.75, 3.05) is 13.2 Å². The molecule has 2 aromatic carbocycles. The molecule has 220 valence electrons. The van der Waals surface area contributed by atoms with Gasteiger partial charge in [-0.2, -0.15) is 0 Å². The molecule has 0 N–H and O–H groups in total. The first kappa shape index (κ1) is 29.4. The van der Waals surface area contributed by atoms with E-state index in [9.17, 15) is 19.7 Å². The summed E-state index contributed by atoms with van der Waals surface area (Å²) in [5.74, 6) is 0.414. The third-order valence-electron chi connectivity index (χ3n) is 6.62. The number of aryl methyl sites for hydroxylation is 1. The summed E-state index contributed by atoms with van der Waals surface area (Å²) in [6.07, 6.45) is 2.85. The number of nitro groups is 1. The molecule has 43 heavy (non-hydrogen) atoms. The van der Waals surface area contributed by atoms with E-state index in [1.54, 1.807) is 42.7 Å². The van der Waals surface area contributed by atoms with E-state index < -0.39 is 16.9 Å². The van der Waals surface area contributed by atoms with E-state index in [4.69, 9.17) is 14.2 Å². The number of carbonyl (C=O) groups is 1. The summed E-state index contributed by atoms with van der Waals surface area (Å²) in [7, 11) is 0. The first-order valence-electron chi connectivity index (χ1n) is 13.5. The van der Waals surface area contributed by atoms with Crippen LogP contribution in [0.2, 0.25) is 0 Å². The Balaban J connectivity index is 1.56. The summed E-state index contributed by atoms with van der Waals surface area (Å²) in [5, 5.41) is 10.9. The Hall–Kier alpha value is -5.10. The van der Waals surface area contributed by atoms with Crippen LogP contribution in [0.5, 0.6) is 17.4 Å². The minimum Gasteiger partial charge on any atom is -0.490 e. The standard InChI is InChI=1S/C31H28N4O7S/c1-5-40-24-15-20(9-13-23(24)42-26-14-12-22(17-32-26)35(38)39)16-25-29(36)34-28(21-10-7-18(3)8-11-21)27(30(37)41-6-2)19(4)33-31(34)43-25/h7-17,28H,5-6H2,1-4H3/b25-16+/t28-/m1/s1. The molecular formula is C31H28N4O7S. The second kappa shape index (κ2) is 12.4. The van der Waals surface area contributed by atoms with Crippen LogP contribution >= 0.6 is 11.3 Å². The van der Waals surface area contributed by atoms with Gasteiger partial charge >= 0.3 is 5.97 Å². The number of hydrogen-bond acceptors (Lipinski definition) is 10. The van der Waals surface area contributed by atoms with Crippen molar-refractivity contribution >= 4 is 29.1 Å². The summed E-state index contributed by atoms with van der Waals surface area (Å²) in [6, 6.07) is 14.9. The summed E-state index contributed by atoms with van der Waals surface area (Å²) < 4.78 is 18.9. The third kappa shape index (κ3) is 6.09. The van der Waals surface area contributed by atoms with Crippen LogP contribution in [0.25, 0.3) is 6.08 Å². The number of nitrogens with zero attached hydrogens (tertiary/aromatic N) is 4. The molecule has 0 spiro atoms. The Labute approximate surface area is 250 Å². The molecule has 0 amide bonds. The highest BCUT2D eigenvalue weighted by Crippen LogP contribution is 2.33. The van der Waals surface area contributed by atoms with E-state index in [-0.39, 0.29) is 23.7 Å². The number of benzene rings is 2. The van der Waals surface area contributed by atoms with Gasteiger partial charge in [0.15, 0.2) is 16.3 Å². The van der Waals surface area contributed by atoms with Gasteiger partial charge in [0.2, 0.25) is 5.88 Å². The molecule has 4 aromatic rings. The summed E-state index contributed by atoms with van der Waals surface area (Å²) in [5.41, 5.74) is 2.87. The zero-order valence-corrected chi connectivity index (χ0v) is 24.7. The van der Waals surface area contributed by atoms with Gasteiger partial charge in [-0.1, -0.05) is 47.2 Å². The van der Waals surface area contributed by atoms with Crippen LogP contribution < -0.4 is 24.4 Å². The highest BCUT2D eigenvalue weighted by Gasteiger charge is 2.33. The van der Waals surface area contributed by atoms with Gasteiger partial charge < -0.3 is 14.2 Å². The second-order valence-corrected chi connectivity index (χ2v) is 10.6. The number of carbonyl (C=O) groups excluding carboxylic acids is 1. The van der Waals surface area contributed by atoms with Crippen LogP contribution in [0.4, 0.5) is 5.69 Å². The number of thiazole rings is 1. The lowest BCUT2D eigenvalue weighted by atomic mass is 9.95. The largest absolute Gasteiger partial charge is 0.490 e. The van der Waals surface area contributed by atoms with E-state index in [1.807, 2.05) is 38.1 Å². The Morgan fingerprint density at radius 2 is 1.84 bits per heavy atom. The van der Waals surface area contributed by atoms with Crippen LogP contribution in [-0.4, -0.2) is 33.7 Å². The minimum atomic E-state index is -0.693. The van der Waals surface area contributed by atoms with E-state index in [1.165, 1.54) is 23.5 Å². The number of hydrogen-bond donors (Lipinski definition) is 0. The van der Waals surface area contributed by atoms with Crippen LogP contribution in [0.15, 0.2) is 81.9 Å². The van der Waals surface area contributed by atoms with Crippen molar-refractivity contribution < 1.29 is 23.9 Å². The van der Waals surface area contributed by atoms with Gasteiger partial charge in [-0.05, 0) is 57.0 Å². The van der Waals surface area contributed by atoms with Crippen molar-refractivity contribution in [3.8, 4) is 17.4 Å². The predicted octanol–water partition coefficient (Wildman–Crippen LogP) is 4.60. The molecule has 1 aliphatic rings. The Morgan fingerprint density at radius 3 is 2.49 bits per heavy atom. The fraction of sp³-hybridized carbons (Fsp3) is 0.226. The van der Waals surface area contributed by atoms with Crippen molar-refractivity contribution in [2.45, 2.75) is 33.7 Å². The molecule has 1 aliphatic heterocycles. The number of aromatic nitrogens is 2. The van der Waals surface area contributed by atoms with Crippen molar-refractivity contribution in [1.82, 2.24) is 9.55 Å². The van der Waals surface area contributed by atoms with Gasteiger partial charge in [-0.3, -0.25) is 19.5 Å². The number of fused-ring (bicyclic) bond motifs is 1. The van der Waals surface area contributed by atoms with Gasteiger partial charge in [-0.25, -0.2) is 14.8 Å². The molecule has 0 fully saturated rings. The number of pyridine rings is 1. The lowest BCUT2D eigenvalue weighted by Crippen LogP contribution is -2.39. The quantitative estimate of drug-likeness (QED) is 0.155. The van der Waals surface area contributed by atoms with Crippen LogP contribution in [-0.2, 0) is 9.53 Å². The fourth-order valence-electron chi connectivity index (χ4n) is 4.63. The van der Waals surface area contributed by atoms with Gasteiger partial charge in [0, 0.05) is 12.1 Å². The average Bonchev–Trinajstić information content (AvgIpc) is 3.28. The third-order valence-corrected chi connectivity index (χ3v) is 7.60. The van der Waals surface area contributed by atoms with Gasteiger partial charge in [0.05, 0.1) is 40.0 Å². The number of ether oxygens (including phenoxy) is 3. The molecule has 0 radical (unpaired) electrons. The first-order valence-corrected chi connectivity index (χ1v) is 14.3. The Bertz CT molecular complexity index is 1910. The van der Waals surface area contributed by atoms with E-state index in [2.05, 4.69) is 9.98 Å². The van der Waals surface area contributed by atoms with Crippen molar-refractivity contribution in [3.63, 3.8) is 0 Å². The maximum absolute atomic E-state index is 13.9. The minimum absolute atomic E-state index is 0.150. The zero-order valence-electron chi connectivity index (χ0n) is 23.9. The molecular weight excluding hydrogens is 572 g/mol. The molecule has 5 rings (SSSR count). The number of esters is 1. The lowest BCUT2D eigenvalue weighted by molar-refractivity contribution is -0.385. The molecule has 0 unspecified atom stereocenters. The SMILES string of the molecule is CCOC(=O)C1=C(C)N=c2s/c(=C/c3ccc(Oc4ccc([N+](=O)[O-])cn4)c(OCC)c3)c(=O)n2[C@@H]1c1ccc(C)cc1. The molecule has 0 saturated carbocycles. The maximum atomic E-state index is 13.9. The van der Waals surface area contributed by atoms with Crippen LogP contribution in [0.1, 0.15) is 43.5 Å². The normalized spacial score (nSPS) is 14.6. The fourth-order valence-corrected chi connectivity index (χ4v) is 5.67. The number of rotatable bonds is 9. The monoisotopic (exact) mass is 600 g/mol. The molecule has 1 atom stereocenters. The Kier molecular flexibility index (Phi) is 8.48. The first-order chi connectivity index (χ1) is 20.7. The molecule has 0 bridgehead atoms. The predicted molar refractivity (Wildman–Crippen MR) is 160 cm³/mol. The topological polar surface area (TPSA) is 135 Å². The summed E-state index contributed by atoms with van der Waals surface area (Å²) in [4.78, 5) is 46.4. The number of allylic oxidation sites excluding steroid dienone is 1. The zero-order chi connectivity index (χ0) is 30.7. The molecule has 0 aliphatic carbocycles. The van der Waals surface area contributed by atoms with Crippen LogP contribution in [0, 0.1) is 17.0 Å². The van der Waals surface area contributed by atoms with E-state index in [0.29, 0.717) is 44.3 Å². The summed E-state index contributed by atoms with van der Waals surface area (Å²) >= 11 is 1.22. The summed E-state index contributed by atoms with van der Waals surface area (Å²) in [6.45, 7) is 7.83. The molecule has 3 heterocycles. The lowest BCUT2D eigenvalue weighted by Gasteiger charge is -2.24. The van der Waals surface area contributed by atoms with Crippen molar-refractivity contribution in [3.05, 3.63) is 119 Å². The van der Waals surface area contributed by atoms with Gasteiger partial charge in [0.25, 0.3) is 11.2 Å².